The Balaban J connectivity index is 2.01. The summed E-state index contributed by atoms with van der Waals surface area (Å²) in [6, 6.07) is 13.0. The summed E-state index contributed by atoms with van der Waals surface area (Å²) in [4.78, 5) is 22.9. The topological polar surface area (TPSA) is 58.2 Å². The lowest BCUT2D eigenvalue weighted by Gasteiger charge is -2.10. The number of hydrogen-bond donors (Lipinski definition) is 2. The van der Waals surface area contributed by atoms with Crippen molar-refractivity contribution in [2.45, 2.75) is 19.5 Å². The Bertz CT molecular complexity index is 757. The van der Waals surface area contributed by atoms with E-state index in [1.54, 1.807) is 5.32 Å². The molecule has 4 nitrogen and oxygen atoms in total. The number of benzene rings is 2. The van der Waals surface area contributed by atoms with Gasteiger partial charge >= 0.3 is 12.1 Å². The number of amides is 2. The average Bonchev–Trinajstić information content (AvgIpc) is 2.46. The van der Waals surface area contributed by atoms with Gasteiger partial charge in [0, 0.05) is 11.4 Å². The molecule has 0 aliphatic carbocycles. The first-order valence-electron chi connectivity index (χ1n) is 7.08. The minimum Gasteiger partial charge on any atom is -0.326 e. The van der Waals surface area contributed by atoms with Crippen LogP contribution in [-0.4, -0.2) is 18.0 Å². The number of rotatable bonds is 4. The van der Waals surface area contributed by atoms with Gasteiger partial charge in [-0.1, -0.05) is 35.9 Å². The Hall–Kier alpha value is -2.83. The highest BCUT2D eigenvalue weighted by Gasteiger charge is 2.38. The lowest BCUT2D eigenvalue weighted by molar-refractivity contribution is -0.167. The van der Waals surface area contributed by atoms with Gasteiger partial charge in [0.1, 0.15) is 0 Å². The molecule has 0 atom stereocenters. The van der Waals surface area contributed by atoms with Gasteiger partial charge in [-0.25, -0.2) is 0 Å². The number of anilines is 2. The quantitative estimate of drug-likeness (QED) is 0.895. The molecule has 0 heterocycles. The van der Waals surface area contributed by atoms with E-state index in [9.17, 15) is 22.8 Å². The van der Waals surface area contributed by atoms with Crippen LogP contribution in [0.25, 0.3) is 0 Å². The summed E-state index contributed by atoms with van der Waals surface area (Å²) in [5.41, 5.74) is 2.10. The number of alkyl halides is 3. The van der Waals surface area contributed by atoms with Gasteiger partial charge in [0.2, 0.25) is 5.91 Å². The van der Waals surface area contributed by atoms with Crippen LogP contribution in [-0.2, 0) is 16.0 Å². The molecule has 126 valence electrons. The van der Waals surface area contributed by atoms with Crippen LogP contribution in [0.2, 0.25) is 0 Å². The minimum atomic E-state index is -4.97. The molecule has 2 aromatic carbocycles. The standard InChI is InChI=1S/C17H15F3N2O2/c1-11-4-2-5-12(8-11)9-15(23)21-13-6-3-7-14(10-13)22-16(24)17(18,19)20/h2-8,10H,9H2,1H3,(H,21,23)(H,22,24). The van der Waals surface area contributed by atoms with E-state index in [1.807, 2.05) is 31.2 Å². The van der Waals surface area contributed by atoms with Crippen LogP contribution in [0.3, 0.4) is 0 Å². The van der Waals surface area contributed by atoms with Gasteiger partial charge in [0.05, 0.1) is 6.42 Å². The van der Waals surface area contributed by atoms with Crippen molar-refractivity contribution < 1.29 is 22.8 Å². The zero-order chi connectivity index (χ0) is 17.7. The molecule has 0 aromatic heterocycles. The van der Waals surface area contributed by atoms with Crippen LogP contribution in [0, 0.1) is 6.92 Å². The second kappa shape index (κ2) is 7.16. The molecule has 0 spiro atoms. The molecule has 2 aromatic rings. The molecule has 2 N–H and O–H groups in total. The van der Waals surface area contributed by atoms with E-state index < -0.39 is 12.1 Å². The van der Waals surface area contributed by atoms with E-state index in [1.165, 1.54) is 24.3 Å². The SMILES string of the molecule is Cc1cccc(CC(=O)Nc2cccc(NC(=O)C(F)(F)F)c2)c1. The van der Waals surface area contributed by atoms with E-state index in [0.29, 0.717) is 5.69 Å². The zero-order valence-electron chi connectivity index (χ0n) is 12.8. The van der Waals surface area contributed by atoms with Gasteiger partial charge in [-0.15, -0.1) is 0 Å². The first kappa shape index (κ1) is 17.5. The Morgan fingerprint density at radius 3 is 2.21 bits per heavy atom. The fourth-order valence-electron chi connectivity index (χ4n) is 2.09. The number of nitrogens with one attached hydrogen (secondary N) is 2. The Kier molecular flexibility index (Phi) is 5.23. The van der Waals surface area contributed by atoms with E-state index in [2.05, 4.69) is 5.32 Å². The number of hydrogen-bond acceptors (Lipinski definition) is 2. The smallest absolute Gasteiger partial charge is 0.326 e. The highest BCUT2D eigenvalue weighted by atomic mass is 19.4. The summed E-state index contributed by atoms with van der Waals surface area (Å²) in [5, 5.41) is 4.33. The molecule has 2 rings (SSSR count). The molecule has 0 unspecified atom stereocenters. The first-order valence-corrected chi connectivity index (χ1v) is 7.08. The van der Waals surface area contributed by atoms with E-state index in [4.69, 9.17) is 0 Å². The summed E-state index contributed by atoms with van der Waals surface area (Å²) in [6.45, 7) is 1.91. The van der Waals surface area contributed by atoms with Crippen LogP contribution < -0.4 is 10.6 Å². The second-order valence-corrected chi connectivity index (χ2v) is 5.25. The molecule has 0 saturated carbocycles. The Morgan fingerprint density at radius 1 is 0.958 bits per heavy atom. The largest absolute Gasteiger partial charge is 0.471 e. The number of carbonyl (C=O) groups is 2. The molecule has 7 heteroatoms. The zero-order valence-corrected chi connectivity index (χ0v) is 12.8. The summed E-state index contributed by atoms with van der Waals surface area (Å²) in [7, 11) is 0. The van der Waals surface area contributed by atoms with E-state index in [0.717, 1.165) is 11.1 Å². The van der Waals surface area contributed by atoms with Crippen molar-refractivity contribution in [3.63, 3.8) is 0 Å². The molecule has 0 aliphatic rings. The van der Waals surface area contributed by atoms with Crippen LogP contribution in [0.4, 0.5) is 24.5 Å². The van der Waals surface area contributed by atoms with Crippen molar-refractivity contribution in [2.24, 2.45) is 0 Å². The average molecular weight is 336 g/mol. The van der Waals surface area contributed by atoms with E-state index >= 15 is 0 Å². The Labute approximate surface area is 136 Å². The molecule has 0 aliphatic heterocycles. The number of halogens is 3. The third kappa shape index (κ3) is 5.12. The fraction of sp³-hybridized carbons (Fsp3) is 0.176. The van der Waals surface area contributed by atoms with Gasteiger partial charge < -0.3 is 10.6 Å². The van der Waals surface area contributed by atoms with Crippen LogP contribution in [0.1, 0.15) is 11.1 Å². The maximum atomic E-state index is 12.2. The third-order valence-corrected chi connectivity index (χ3v) is 3.11. The van der Waals surface area contributed by atoms with E-state index in [-0.39, 0.29) is 18.0 Å². The Morgan fingerprint density at radius 2 is 1.58 bits per heavy atom. The van der Waals surface area contributed by atoms with Gasteiger partial charge in [-0.05, 0) is 30.7 Å². The van der Waals surface area contributed by atoms with Crippen molar-refractivity contribution in [1.82, 2.24) is 0 Å². The first-order chi connectivity index (χ1) is 11.2. The molecular weight excluding hydrogens is 321 g/mol. The maximum Gasteiger partial charge on any atom is 0.471 e. The predicted octanol–water partition coefficient (Wildman–Crippen LogP) is 3.68. The number of carbonyl (C=O) groups excluding carboxylic acids is 2. The monoisotopic (exact) mass is 336 g/mol. The third-order valence-electron chi connectivity index (χ3n) is 3.11. The lowest BCUT2D eigenvalue weighted by atomic mass is 10.1. The molecule has 24 heavy (non-hydrogen) atoms. The summed E-state index contributed by atoms with van der Waals surface area (Å²) >= 11 is 0. The maximum absolute atomic E-state index is 12.2. The second-order valence-electron chi connectivity index (χ2n) is 5.25. The van der Waals surface area contributed by atoms with Gasteiger partial charge in [-0.3, -0.25) is 9.59 Å². The fourth-order valence-corrected chi connectivity index (χ4v) is 2.09. The normalized spacial score (nSPS) is 11.0. The van der Waals surface area contributed by atoms with Crippen LogP contribution in [0.5, 0.6) is 0 Å². The summed E-state index contributed by atoms with van der Waals surface area (Å²) < 4.78 is 36.7. The predicted molar refractivity (Wildman–Crippen MR) is 84.6 cm³/mol. The van der Waals surface area contributed by atoms with Crippen molar-refractivity contribution in [1.29, 1.82) is 0 Å². The summed E-state index contributed by atoms with van der Waals surface area (Å²) in [5.74, 6) is -2.37. The van der Waals surface area contributed by atoms with Crippen molar-refractivity contribution in [2.75, 3.05) is 10.6 Å². The highest BCUT2D eigenvalue weighted by molar-refractivity contribution is 5.96. The van der Waals surface area contributed by atoms with Gasteiger partial charge in [0.15, 0.2) is 0 Å². The van der Waals surface area contributed by atoms with Crippen LogP contribution >= 0.6 is 0 Å². The molecule has 0 fully saturated rings. The van der Waals surface area contributed by atoms with Gasteiger partial charge in [0.25, 0.3) is 0 Å². The van der Waals surface area contributed by atoms with Crippen molar-refractivity contribution in [3.05, 3.63) is 59.7 Å². The molecule has 0 saturated heterocycles. The molecule has 2 amide bonds. The van der Waals surface area contributed by atoms with Crippen molar-refractivity contribution in [3.8, 4) is 0 Å². The van der Waals surface area contributed by atoms with Crippen LogP contribution in [0.15, 0.2) is 48.5 Å². The molecule has 0 bridgehead atoms. The lowest BCUT2D eigenvalue weighted by Crippen LogP contribution is -2.29. The highest BCUT2D eigenvalue weighted by Crippen LogP contribution is 2.20. The van der Waals surface area contributed by atoms with Crippen molar-refractivity contribution >= 4 is 23.2 Å². The molecular formula is C17H15F3N2O2. The minimum absolute atomic E-state index is 0.0503. The number of aryl methyl sites for hydroxylation is 1. The molecule has 0 radical (unpaired) electrons. The summed E-state index contributed by atoms with van der Waals surface area (Å²) in [6.07, 6.45) is -4.83. The van der Waals surface area contributed by atoms with Gasteiger partial charge in [-0.2, -0.15) is 13.2 Å².